The van der Waals surface area contributed by atoms with Gasteiger partial charge in [-0.3, -0.25) is 5.43 Å². The van der Waals surface area contributed by atoms with Crippen molar-refractivity contribution in [2.75, 3.05) is 23.9 Å². The number of nitrogens with one attached hydrogen (secondary N) is 1. The standard InChI is InChI=1S/C8H14ClN5/c1-3-4-14(2)7-6(9)5-11-8(12-7)13-10/h5H,3-4,10H2,1-2H3,(H,11,12,13). The van der Waals surface area contributed by atoms with E-state index in [0.29, 0.717) is 16.8 Å². The lowest BCUT2D eigenvalue weighted by Crippen LogP contribution is -2.21. The number of anilines is 2. The fraction of sp³-hybridized carbons (Fsp3) is 0.500. The Balaban J connectivity index is 2.93. The lowest BCUT2D eigenvalue weighted by atomic mass is 10.4. The Morgan fingerprint density at radius 2 is 2.36 bits per heavy atom. The van der Waals surface area contributed by atoms with Crippen molar-refractivity contribution in [2.24, 2.45) is 5.84 Å². The van der Waals surface area contributed by atoms with Gasteiger partial charge in [0.25, 0.3) is 0 Å². The first kappa shape index (κ1) is 11.0. The molecule has 1 heterocycles. The zero-order valence-corrected chi connectivity index (χ0v) is 9.04. The summed E-state index contributed by atoms with van der Waals surface area (Å²) >= 11 is 5.95. The molecule has 0 unspecified atom stereocenters. The first-order valence-corrected chi connectivity index (χ1v) is 4.77. The number of rotatable bonds is 4. The van der Waals surface area contributed by atoms with Crippen LogP contribution < -0.4 is 16.2 Å². The third-order valence-corrected chi connectivity index (χ3v) is 2.04. The molecular formula is C8H14ClN5. The highest BCUT2D eigenvalue weighted by Crippen LogP contribution is 2.22. The van der Waals surface area contributed by atoms with Gasteiger partial charge < -0.3 is 4.90 Å². The zero-order chi connectivity index (χ0) is 10.6. The van der Waals surface area contributed by atoms with Crippen LogP contribution in [0.25, 0.3) is 0 Å². The first-order valence-electron chi connectivity index (χ1n) is 4.39. The first-order chi connectivity index (χ1) is 6.69. The highest BCUT2D eigenvalue weighted by molar-refractivity contribution is 6.32. The van der Waals surface area contributed by atoms with E-state index in [2.05, 4.69) is 22.3 Å². The van der Waals surface area contributed by atoms with Gasteiger partial charge in [-0.25, -0.2) is 10.8 Å². The molecular weight excluding hydrogens is 202 g/mol. The Labute approximate surface area is 88.3 Å². The minimum Gasteiger partial charge on any atom is -0.358 e. The second-order valence-corrected chi connectivity index (χ2v) is 3.34. The Kier molecular flexibility index (Phi) is 3.91. The highest BCUT2D eigenvalue weighted by atomic mass is 35.5. The molecule has 3 N–H and O–H groups in total. The fourth-order valence-electron chi connectivity index (χ4n) is 1.14. The molecule has 1 aromatic heterocycles. The molecule has 0 bridgehead atoms. The Hall–Kier alpha value is -1.07. The number of nitrogen functional groups attached to an aromatic ring is 1. The van der Waals surface area contributed by atoms with Crippen molar-refractivity contribution in [3.63, 3.8) is 0 Å². The number of hydrogen-bond acceptors (Lipinski definition) is 5. The maximum atomic E-state index is 5.95. The lowest BCUT2D eigenvalue weighted by molar-refractivity contribution is 0.835. The number of halogens is 1. The molecule has 0 fully saturated rings. The van der Waals surface area contributed by atoms with Crippen LogP contribution in [0.4, 0.5) is 11.8 Å². The molecule has 78 valence electrons. The second kappa shape index (κ2) is 4.97. The number of hydrogen-bond donors (Lipinski definition) is 2. The summed E-state index contributed by atoms with van der Waals surface area (Å²) in [4.78, 5) is 10.0. The predicted molar refractivity (Wildman–Crippen MR) is 58.4 cm³/mol. The van der Waals surface area contributed by atoms with E-state index in [4.69, 9.17) is 17.4 Å². The van der Waals surface area contributed by atoms with Crippen molar-refractivity contribution in [2.45, 2.75) is 13.3 Å². The zero-order valence-electron chi connectivity index (χ0n) is 8.29. The van der Waals surface area contributed by atoms with Gasteiger partial charge in [0.05, 0.1) is 6.20 Å². The Morgan fingerprint density at radius 1 is 1.64 bits per heavy atom. The maximum Gasteiger partial charge on any atom is 0.239 e. The van der Waals surface area contributed by atoms with Gasteiger partial charge in [0, 0.05) is 13.6 Å². The topological polar surface area (TPSA) is 67.1 Å². The third-order valence-electron chi connectivity index (χ3n) is 1.78. The van der Waals surface area contributed by atoms with E-state index < -0.39 is 0 Å². The predicted octanol–water partition coefficient (Wildman–Crippen LogP) is 1.26. The van der Waals surface area contributed by atoms with Crippen LogP contribution >= 0.6 is 11.6 Å². The molecule has 0 saturated carbocycles. The smallest absolute Gasteiger partial charge is 0.239 e. The average molecular weight is 216 g/mol. The van der Waals surface area contributed by atoms with Crippen LogP contribution in [0.2, 0.25) is 5.02 Å². The van der Waals surface area contributed by atoms with Gasteiger partial charge in [0.1, 0.15) is 5.02 Å². The third kappa shape index (κ3) is 2.46. The molecule has 0 radical (unpaired) electrons. The Morgan fingerprint density at radius 3 is 2.93 bits per heavy atom. The van der Waals surface area contributed by atoms with Crippen molar-refractivity contribution in [3.8, 4) is 0 Å². The molecule has 0 aromatic carbocycles. The number of hydrazine groups is 1. The van der Waals surface area contributed by atoms with E-state index >= 15 is 0 Å². The molecule has 0 amide bonds. The molecule has 1 rings (SSSR count). The molecule has 0 aliphatic carbocycles. The van der Waals surface area contributed by atoms with Gasteiger partial charge in [-0.05, 0) is 6.42 Å². The SMILES string of the molecule is CCCN(C)c1nc(NN)ncc1Cl. The molecule has 14 heavy (non-hydrogen) atoms. The summed E-state index contributed by atoms with van der Waals surface area (Å²) in [7, 11) is 1.93. The van der Waals surface area contributed by atoms with Gasteiger partial charge >= 0.3 is 0 Å². The van der Waals surface area contributed by atoms with Crippen molar-refractivity contribution in [3.05, 3.63) is 11.2 Å². The van der Waals surface area contributed by atoms with Gasteiger partial charge in [-0.1, -0.05) is 18.5 Å². The van der Waals surface area contributed by atoms with Crippen LogP contribution in [0, 0.1) is 0 Å². The van der Waals surface area contributed by atoms with E-state index in [0.717, 1.165) is 13.0 Å². The van der Waals surface area contributed by atoms with Crippen LogP contribution in [0.3, 0.4) is 0 Å². The maximum absolute atomic E-state index is 5.95. The second-order valence-electron chi connectivity index (χ2n) is 2.93. The summed E-state index contributed by atoms with van der Waals surface area (Å²) in [6.45, 7) is 2.98. The highest BCUT2D eigenvalue weighted by Gasteiger charge is 2.08. The molecule has 0 atom stereocenters. The van der Waals surface area contributed by atoms with Crippen LogP contribution in [0.15, 0.2) is 6.20 Å². The summed E-state index contributed by atoms with van der Waals surface area (Å²) in [5.74, 6) is 6.27. The van der Waals surface area contributed by atoms with Crippen molar-refractivity contribution < 1.29 is 0 Å². The van der Waals surface area contributed by atoms with E-state index in [1.165, 1.54) is 6.20 Å². The summed E-state index contributed by atoms with van der Waals surface area (Å²) < 4.78 is 0. The normalized spacial score (nSPS) is 10.0. The van der Waals surface area contributed by atoms with Crippen LogP contribution in [0.5, 0.6) is 0 Å². The Bertz CT molecular complexity index is 304. The minimum absolute atomic E-state index is 0.368. The largest absolute Gasteiger partial charge is 0.358 e. The van der Waals surface area contributed by atoms with E-state index in [1.807, 2.05) is 11.9 Å². The monoisotopic (exact) mass is 215 g/mol. The summed E-state index contributed by atoms with van der Waals surface area (Å²) in [5, 5.41) is 0.528. The molecule has 0 saturated heterocycles. The molecule has 0 aliphatic rings. The molecule has 1 aromatic rings. The van der Waals surface area contributed by atoms with Crippen molar-refractivity contribution >= 4 is 23.4 Å². The van der Waals surface area contributed by atoms with Gasteiger partial charge in [-0.15, -0.1) is 0 Å². The minimum atomic E-state index is 0.368. The quantitative estimate of drug-likeness (QED) is 0.585. The van der Waals surface area contributed by atoms with E-state index in [9.17, 15) is 0 Å². The fourth-order valence-corrected chi connectivity index (χ4v) is 1.37. The number of nitrogens with two attached hydrogens (primary N) is 1. The van der Waals surface area contributed by atoms with Gasteiger partial charge in [-0.2, -0.15) is 4.98 Å². The summed E-state index contributed by atoms with van der Waals surface area (Å²) in [5.41, 5.74) is 2.38. The molecule has 0 spiro atoms. The lowest BCUT2D eigenvalue weighted by Gasteiger charge is -2.18. The van der Waals surface area contributed by atoms with Gasteiger partial charge in [0.15, 0.2) is 5.82 Å². The molecule has 0 aliphatic heterocycles. The molecule has 6 heteroatoms. The van der Waals surface area contributed by atoms with Crippen LogP contribution in [-0.2, 0) is 0 Å². The van der Waals surface area contributed by atoms with Crippen LogP contribution in [-0.4, -0.2) is 23.6 Å². The average Bonchev–Trinajstić information content (AvgIpc) is 2.19. The van der Waals surface area contributed by atoms with E-state index in [-0.39, 0.29) is 0 Å². The summed E-state index contributed by atoms with van der Waals surface area (Å²) in [6, 6.07) is 0. The van der Waals surface area contributed by atoms with Gasteiger partial charge in [0.2, 0.25) is 5.95 Å². The molecule has 5 nitrogen and oxygen atoms in total. The van der Waals surface area contributed by atoms with Crippen LogP contribution in [0.1, 0.15) is 13.3 Å². The summed E-state index contributed by atoms with van der Waals surface area (Å²) in [6.07, 6.45) is 2.56. The van der Waals surface area contributed by atoms with Crippen molar-refractivity contribution in [1.82, 2.24) is 9.97 Å². The number of nitrogens with zero attached hydrogens (tertiary/aromatic N) is 3. The van der Waals surface area contributed by atoms with E-state index in [1.54, 1.807) is 0 Å². The van der Waals surface area contributed by atoms with Crippen molar-refractivity contribution in [1.29, 1.82) is 0 Å². The number of aromatic nitrogens is 2.